The third kappa shape index (κ3) is 4.19. The van der Waals surface area contributed by atoms with Crippen molar-refractivity contribution in [3.63, 3.8) is 0 Å². The molecule has 4 aromatic rings. The standard InChI is InChI=1S/C21H17N5O4S/c1-29-14-8-9-16(30-2)15(11-14)25-20-19(26(27)28)21(24-12-23-20)31-17-7-3-5-13-6-4-10-22-18(13)17/h3-12H,1-2H3,(H,23,24,25). The van der Waals surface area contributed by atoms with Gasteiger partial charge in [0, 0.05) is 22.5 Å². The zero-order valence-electron chi connectivity index (χ0n) is 16.6. The summed E-state index contributed by atoms with van der Waals surface area (Å²) in [7, 11) is 3.04. The van der Waals surface area contributed by atoms with Crippen molar-refractivity contribution in [2.45, 2.75) is 9.92 Å². The first-order valence-corrected chi connectivity index (χ1v) is 9.92. The lowest BCUT2D eigenvalue weighted by atomic mass is 10.2. The minimum atomic E-state index is -0.504. The van der Waals surface area contributed by atoms with Crippen LogP contribution in [0.2, 0.25) is 0 Å². The van der Waals surface area contributed by atoms with Gasteiger partial charge < -0.3 is 14.8 Å². The molecule has 0 atom stereocenters. The number of fused-ring (bicyclic) bond motifs is 1. The van der Waals surface area contributed by atoms with Gasteiger partial charge in [-0.05, 0) is 24.3 Å². The lowest BCUT2D eigenvalue weighted by Gasteiger charge is -2.13. The number of rotatable bonds is 7. The molecule has 0 bridgehead atoms. The third-order valence-electron chi connectivity index (χ3n) is 4.43. The van der Waals surface area contributed by atoms with Gasteiger partial charge in [-0.15, -0.1) is 0 Å². The number of nitro groups is 1. The molecule has 31 heavy (non-hydrogen) atoms. The van der Waals surface area contributed by atoms with E-state index in [-0.39, 0.29) is 16.5 Å². The van der Waals surface area contributed by atoms with Crippen LogP contribution in [0.4, 0.5) is 17.2 Å². The highest BCUT2D eigenvalue weighted by Gasteiger charge is 2.25. The monoisotopic (exact) mass is 435 g/mol. The number of methoxy groups -OCH3 is 2. The van der Waals surface area contributed by atoms with E-state index in [1.54, 1.807) is 24.4 Å². The van der Waals surface area contributed by atoms with Crippen molar-refractivity contribution in [1.82, 2.24) is 15.0 Å². The fourth-order valence-electron chi connectivity index (χ4n) is 3.00. The van der Waals surface area contributed by atoms with Crippen molar-refractivity contribution < 1.29 is 14.4 Å². The second kappa shape index (κ2) is 8.84. The largest absolute Gasteiger partial charge is 0.497 e. The number of para-hydroxylation sites is 1. The van der Waals surface area contributed by atoms with Crippen molar-refractivity contribution >= 4 is 39.9 Å². The Kier molecular flexibility index (Phi) is 5.80. The van der Waals surface area contributed by atoms with Crippen LogP contribution < -0.4 is 14.8 Å². The Bertz CT molecular complexity index is 1260. The van der Waals surface area contributed by atoms with Gasteiger partial charge in [-0.25, -0.2) is 9.97 Å². The number of aromatic nitrogens is 3. The molecule has 0 saturated carbocycles. The summed E-state index contributed by atoms with van der Waals surface area (Å²) in [6, 6.07) is 14.5. The zero-order chi connectivity index (χ0) is 21.8. The van der Waals surface area contributed by atoms with Gasteiger partial charge >= 0.3 is 5.69 Å². The Balaban J connectivity index is 1.77. The molecule has 0 spiro atoms. The average molecular weight is 435 g/mol. The SMILES string of the molecule is COc1ccc(OC)c(Nc2ncnc(Sc3cccc4cccnc34)c2[N+](=O)[O-])c1. The van der Waals surface area contributed by atoms with Crippen LogP contribution in [-0.2, 0) is 0 Å². The average Bonchev–Trinajstić information content (AvgIpc) is 2.79. The van der Waals surface area contributed by atoms with Crippen LogP contribution in [0, 0.1) is 10.1 Å². The van der Waals surface area contributed by atoms with Crippen LogP contribution in [0.15, 0.2) is 71.0 Å². The number of hydrogen-bond acceptors (Lipinski definition) is 9. The van der Waals surface area contributed by atoms with E-state index in [2.05, 4.69) is 20.3 Å². The fraction of sp³-hybridized carbons (Fsp3) is 0.0952. The lowest BCUT2D eigenvalue weighted by Crippen LogP contribution is -2.04. The maximum atomic E-state index is 12.0. The maximum absolute atomic E-state index is 12.0. The second-order valence-corrected chi connectivity index (χ2v) is 7.29. The molecular weight excluding hydrogens is 418 g/mol. The van der Waals surface area contributed by atoms with Crippen molar-refractivity contribution in [2.24, 2.45) is 0 Å². The first-order valence-electron chi connectivity index (χ1n) is 9.10. The summed E-state index contributed by atoms with van der Waals surface area (Å²) in [5.74, 6) is 1.10. The predicted octanol–water partition coefficient (Wildman–Crippen LogP) is 4.85. The van der Waals surface area contributed by atoms with Crippen LogP contribution in [0.25, 0.3) is 10.9 Å². The number of nitrogens with one attached hydrogen (secondary N) is 1. The normalized spacial score (nSPS) is 10.6. The topological polar surface area (TPSA) is 112 Å². The molecule has 2 heterocycles. The predicted molar refractivity (Wildman–Crippen MR) is 117 cm³/mol. The minimum Gasteiger partial charge on any atom is -0.497 e. The van der Waals surface area contributed by atoms with E-state index in [0.717, 1.165) is 27.6 Å². The number of nitrogens with zero attached hydrogens (tertiary/aromatic N) is 4. The number of hydrogen-bond donors (Lipinski definition) is 1. The highest BCUT2D eigenvalue weighted by molar-refractivity contribution is 7.99. The van der Waals surface area contributed by atoms with Gasteiger partial charge in [-0.3, -0.25) is 15.1 Å². The summed E-state index contributed by atoms with van der Waals surface area (Å²) in [4.78, 5) is 24.9. The number of anilines is 2. The number of ether oxygens (including phenoxy) is 2. The molecule has 2 aromatic carbocycles. The zero-order valence-corrected chi connectivity index (χ0v) is 17.4. The molecule has 1 N–H and O–H groups in total. The third-order valence-corrected chi connectivity index (χ3v) is 5.47. The first-order chi connectivity index (χ1) is 15.1. The van der Waals surface area contributed by atoms with Crippen LogP contribution in [0.3, 0.4) is 0 Å². The van der Waals surface area contributed by atoms with E-state index < -0.39 is 4.92 Å². The van der Waals surface area contributed by atoms with Crippen molar-refractivity contribution in [2.75, 3.05) is 19.5 Å². The Morgan fingerprint density at radius 1 is 1.03 bits per heavy atom. The van der Waals surface area contributed by atoms with E-state index in [9.17, 15) is 10.1 Å². The molecule has 2 aromatic heterocycles. The molecule has 0 unspecified atom stereocenters. The summed E-state index contributed by atoms with van der Waals surface area (Å²) in [5.41, 5.74) is 0.976. The van der Waals surface area contributed by atoms with Crippen LogP contribution in [0.5, 0.6) is 11.5 Å². The lowest BCUT2D eigenvalue weighted by molar-refractivity contribution is -0.387. The summed E-state index contributed by atoms with van der Waals surface area (Å²) in [6.45, 7) is 0. The summed E-state index contributed by atoms with van der Waals surface area (Å²) < 4.78 is 10.6. The number of pyridine rings is 1. The van der Waals surface area contributed by atoms with E-state index >= 15 is 0 Å². The molecule has 0 aliphatic rings. The van der Waals surface area contributed by atoms with Crippen LogP contribution >= 0.6 is 11.8 Å². The Hall–Kier alpha value is -3.92. The van der Waals surface area contributed by atoms with Gasteiger partial charge in [0.05, 0.1) is 30.3 Å². The van der Waals surface area contributed by atoms with Gasteiger partial charge in [0.2, 0.25) is 5.82 Å². The van der Waals surface area contributed by atoms with Gasteiger partial charge in [-0.2, -0.15) is 0 Å². The van der Waals surface area contributed by atoms with Crippen LogP contribution in [-0.4, -0.2) is 34.1 Å². The molecule has 0 saturated heterocycles. The van der Waals surface area contributed by atoms with E-state index in [0.29, 0.717) is 17.2 Å². The van der Waals surface area contributed by atoms with Gasteiger partial charge in [0.1, 0.15) is 17.8 Å². The maximum Gasteiger partial charge on any atom is 0.343 e. The summed E-state index contributed by atoms with van der Waals surface area (Å²) >= 11 is 1.16. The van der Waals surface area contributed by atoms with E-state index in [4.69, 9.17) is 9.47 Å². The first kappa shape index (κ1) is 20.4. The molecule has 0 radical (unpaired) electrons. The van der Waals surface area contributed by atoms with Gasteiger partial charge in [-0.1, -0.05) is 30.0 Å². The Morgan fingerprint density at radius 2 is 1.87 bits per heavy atom. The molecule has 0 fully saturated rings. The molecular formula is C21H17N5O4S. The molecule has 156 valence electrons. The van der Waals surface area contributed by atoms with Crippen molar-refractivity contribution in [1.29, 1.82) is 0 Å². The highest BCUT2D eigenvalue weighted by atomic mass is 32.2. The summed E-state index contributed by atoms with van der Waals surface area (Å²) in [5, 5.41) is 16.1. The van der Waals surface area contributed by atoms with Gasteiger partial charge in [0.25, 0.3) is 0 Å². The molecule has 0 amide bonds. The second-order valence-electron chi connectivity index (χ2n) is 6.26. The molecule has 0 aliphatic heterocycles. The van der Waals surface area contributed by atoms with E-state index in [1.165, 1.54) is 20.5 Å². The van der Waals surface area contributed by atoms with Crippen molar-refractivity contribution in [3.8, 4) is 11.5 Å². The van der Waals surface area contributed by atoms with Crippen LogP contribution in [0.1, 0.15) is 0 Å². The minimum absolute atomic E-state index is 0.0437. The van der Waals surface area contributed by atoms with Gasteiger partial charge in [0.15, 0.2) is 5.03 Å². The molecule has 0 aliphatic carbocycles. The Labute approximate surface area is 181 Å². The smallest absolute Gasteiger partial charge is 0.343 e. The number of benzene rings is 2. The van der Waals surface area contributed by atoms with E-state index in [1.807, 2.05) is 30.3 Å². The Morgan fingerprint density at radius 3 is 2.65 bits per heavy atom. The van der Waals surface area contributed by atoms with Crippen molar-refractivity contribution in [3.05, 3.63) is 71.2 Å². The molecule has 10 heteroatoms. The molecule has 9 nitrogen and oxygen atoms in total. The fourth-order valence-corrected chi connectivity index (χ4v) is 3.99. The molecule has 4 rings (SSSR count). The highest BCUT2D eigenvalue weighted by Crippen LogP contribution is 2.40. The summed E-state index contributed by atoms with van der Waals surface area (Å²) in [6.07, 6.45) is 2.96. The quantitative estimate of drug-likeness (QED) is 0.247.